The highest BCUT2D eigenvalue weighted by molar-refractivity contribution is 5.98. The third-order valence-electron chi connectivity index (χ3n) is 3.23. The molecule has 0 aromatic heterocycles. The topological polar surface area (TPSA) is 66.4 Å². The molecule has 4 heteroatoms. The van der Waals surface area contributed by atoms with Crippen molar-refractivity contribution in [3.63, 3.8) is 0 Å². The maximum atomic E-state index is 11.4. The first-order chi connectivity index (χ1) is 9.49. The molecule has 0 radical (unpaired) electrons. The van der Waals surface area contributed by atoms with Gasteiger partial charge in [-0.2, -0.15) is 0 Å². The van der Waals surface area contributed by atoms with Gasteiger partial charge in [0.25, 0.3) is 0 Å². The van der Waals surface area contributed by atoms with Gasteiger partial charge >= 0.3 is 5.97 Å². The largest absolute Gasteiger partial charge is 0.478 e. The van der Waals surface area contributed by atoms with E-state index in [0.29, 0.717) is 6.42 Å². The molecule has 0 fully saturated rings. The summed E-state index contributed by atoms with van der Waals surface area (Å²) in [6.07, 6.45) is 1.28. The molecule has 2 N–H and O–H groups in total. The first-order valence-electron chi connectivity index (χ1n) is 6.83. The summed E-state index contributed by atoms with van der Waals surface area (Å²) in [6.45, 7) is 7.67. The Morgan fingerprint density at radius 1 is 1.20 bits per heavy atom. The predicted octanol–water partition coefficient (Wildman–Crippen LogP) is 3.77. The van der Waals surface area contributed by atoms with Crippen molar-refractivity contribution in [2.45, 2.75) is 40.5 Å². The minimum Gasteiger partial charge on any atom is -0.478 e. The van der Waals surface area contributed by atoms with Gasteiger partial charge in [0.1, 0.15) is 0 Å². The molecule has 1 aliphatic rings. The fraction of sp³-hybridized carbons (Fsp3) is 0.375. The van der Waals surface area contributed by atoms with Crippen LogP contribution < -0.4 is 5.32 Å². The number of carbonyl (C=O) groups excluding carboxylic acids is 1. The van der Waals surface area contributed by atoms with Crippen molar-refractivity contribution in [2.75, 3.05) is 5.32 Å². The maximum absolute atomic E-state index is 11.4. The molecule has 0 atom stereocenters. The summed E-state index contributed by atoms with van der Waals surface area (Å²) >= 11 is 0. The Hall–Kier alpha value is -2.10. The number of hydrogen-bond donors (Lipinski definition) is 2. The van der Waals surface area contributed by atoms with E-state index in [1.54, 1.807) is 18.2 Å². The van der Waals surface area contributed by atoms with E-state index in [-0.39, 0.29) is 11.3 Å². The Labute approximate surface area is 119 Å². The number of rotatable bonds is 3. The van der Waals surface area contributed by atoms with Crippen molar-refractivity contribution in [3.05, 3.63) is 40.6 Å². The van der Waals surface area contributed by atoms with Crippen LogP contribution >= 0.6 is 0 Å². The second-order valence-corrected chi connectivity index (χ2v) is 4.49. The van der Waals surface area contributed by atoms with Crippen LogP contribution in [0.25, 0.3) is 0 Å². The van der Waals surface area contributed by atoms with Crippen LogP contribution in [0.1, 0.15) is 49.5 Å². The molecule has 1 aromatic carbocycles. The summed E-state index contributed by atoms with van der Waals surface area (Å²) in [5.41, 5.74) is 3.69. The molecule has 0 saturated heterocycles. The number of carbonyl (C=O) groups is 2. The molecule has 0 heterocycles. The van der Waals surface area contributed by atoms with Crippen LogP contribution in [0.2, 0.25) is 0 Å². The molecule has 1 aliphatic carbocycles. The van der Waals surface area contributed by atoms with E-state index in [1.165, 1.54) is 0 Å². The second kappa shape index (κ2) is 6.89. The minimum absolute atomic E-state index is 0.178. The molecule has 0 amide bonds. The molecule has 108 valence electrons. The second-order valence-electron chi connectivity index (χ2n) is 4.49. The van der Waals surface area contributed by atoms with Crippen LogP contribution in [0.3, 0.4) is 0 Å². The molecule has 20 heavy (non-hydrogen) atoms. The van der Waals surface area contributed by atoms with Gasteiger partial charge in [0.05, 0.1) is 5.56 Å². The standard InChI is InChI=1S/C14H15NO3.C2H6/c1-8-7-10(14(17)18)3-4-11(8)15-12-5-6-13(16)9(12)2;1-2/h3-4,7,15H,5-6H2,1-2H3,(H,17,18);1-2H3. The molecule has 4 nitrogen and oxygen atoms in total. The van der Waals surface area contributed by atoms with Gasteiger partial charge in [0.15, 0.2) is 5.78 Å². The lowest BCUT2D eigenvalue weighted by molar-refractivity contribution is -0.114. The average Bonchev–Trinajstić information content (AvgIpc) is 2.75. The molecule has 0 bridgehead atoms. The number of aryl methyl sites for hydroxylation is 1. The van der Waals surface area contributed by atoms with Crippen LogP contribution in [0.5, 0.6) is 0 Å². The predicted molar refractivity (Wildman–Crippen MR) is 80.1 cm³/mol. The van der Waals surface area contributed by atoms with Crippen molar-refractivity contribution in [1.29, 1.82) is 0 Å². The Morgan fingerprint density at radius 2 is 1.85 bits per heavy atom. The van der Waals surface area contributed by atoms with Crippen molar-refractivity contribution < 1.29 is 14.7 Å². The molecular weight excluding hydrogens is 254 g/mol. The number of carboxylic acid groups (broad SMARTS) is 1. The summed E-state index contributed by atoms with van der Waals surface area (Å²) in [6, 6.07) is 4.92. The normalized spacial score (nSPS) is 13.9. The van der Waals surface area contributed by atoms with E-state index < -0.39 is 5.97 Å². The van der Waals surface area contributed by atoms with Crippen LogP contribution in [0.4, 0.5) is 5.69 Å². The summed E-state index contributed by atoms with van der Waals surface area (Å²) in [7, 11) is 0. The number of hydrogen-bond acceptors (Lipinski definition) is 3. The Kier molecular flexibility index (Phi) is 5.50. The Bertz CT molecular complexity index is 559. The van der Waals surface area contributed by atoms with Gasteiger partial charge < -0.3 is 10.4 Å². The number of anilines is 1. The molecule has 0 saturated carbocycles. The molecular formula is C16H21NO3. The van der Waals surface area contributed by atoms with E-state index in [2.05, 4.69) is 5.32 Å². The fourth-order valence-electron chi connectivity index (χ4n) is 2.04. The van der Waals surface area contributed by atoms with E-state index >= 15 is 0 Å². The monoisotopic (exact) mass is 275 g/mol. The van der Waals surface area contributed by atoms with Crippen molar-refractivity contribution in [1.82, 2.24) is 0 Å². The highest BCUT2D eigenvalue weighted by Crippen LogP contribution is 2.26. The first-order valence-corrected chi connectivity index (χ1v) is 6.83. The maximum Gasteiger partial charge on any atom is 0.335 e. The van der Waals surface area contributed by atoms with E-state index in [0.717, 1.165) is 28.9 Å². The molecule has 2 rings (SSSR count). The molecule has 1 aromatic rings. The van der Waals surface area contributed by atoms with Crippen LogP contribution in [0.15, 0.2) is 29.5 Å². The van der Waals surface area contributed by atoms with Gasteiger partial charge in [-0.05, 0) is 44.0 Å². The average molecular weight is 275 g/mol. The Balaban J connectivity index is 0.000000956. The minimum atomic E-state index is -0.934. The first kappa shape index (κ1) is 16.0. The van der Waals surface area contributed by atoms with Crippen molar-refractivity contribution in [2.24, 2.45) is 0 Å². The van der Waals surface area contributed by atoms with Crippen molar-refractivity contribution >= 4 is 17.4 Å². The van der Waals surface area contributed by atoms with Gasteiger partial charge in [0.2, 0.25) is 0 Å². The zero-order valence-corrected chi connectivity index (χ0v) is 12.4. The number of nitrogens with one attached hydrogen (secondary N) is 1. The summed E-state index contributed by atoms with van der Waals surface area (Å²) in [5.74, 6) is -0.756. The van der Waals surface area contributed by atoms with E-state index in [9.17, 15) is 9.59 Å². The zero-order valence-electron chi connectivity index (χ0n) is 12.4. The van der Waals surface area contributed by atoms with Gasteiger partial charge in [0, 0.05) is 23.4 Å². The number of aromatic carboxylic acids is 1. The van der Waals surface area contributed by atoms with Crippen LogP contribution in [-0.2, 0) is 4.79 Å². The number of allylic oxidation sites excluding steroid dienone is 2. The van der Waals surface area contributed by atoms with Gasteiger partial charge in [-0.3, -0.25) is 4.79 Å². The SMILES string of the molecule is CC.CC1=C(Nc2ccc(C(=O)O)cc2C)CCC1=O. The number of benzene rings is 1. The molecule has 0 aliphatic heterocycles. The van der Waals surface area contributed by atoms with Crippen LogP contribution in [0, 0.1) is 6.92 Å². The number of ketones is 1. The van der Waals surface area contributed by atoms with Crippen LogP contribution in [-0.4, -0.2) is 16.9 Å². The van der Waals surface area contributed by atoms with Gasteiger partial charge in [-0.1, -0.05) is 13.8 Å². The summed E-state index contributed by atoms with van der Waals surface area (Å²) in [5, 5.41) is 12.1. The van der Waals surface area contributed by atoms with Crippen molar-refractivity contribution in [3.8, 4) is 0 Å². The lowest BCUT2D eigenvalue weighted by Crippen LogP contribution is -2.03. The highest BCUT2D eigenvalue weighted by atomic mass is 16.4. The smallest absolute Gasteiger partial charge is 0.335 e. The Morgan fingerprint density at radius 3 is 2.30 bits per heavy atom. The molecule has 0 spiro atoms. The lowest BCUT2D eigenvalue weighted by atomic mass is 10.1. The lowest BCUT2D eigenvalue weighted by Gasteiger charge is -2.11. The summed E-state index contributed by atoms with van der Waals surface area (Å²) in [4.78, 5) is 22.3. The van der Waals surface area contributed by atoms with E-state index in [1.807, 2.05) is 27.7 Å². The third kappa shape index (κ3) is 3.47. The quantitative estimate of drug-likeness (QED) is 0.881. The molecule has 0 unspecified atom stereocenters. The van der Waals surface area contributed by atoms with Gasteiger partial charge in [-0.25, -0.2) is 4.79 Å². The highest BCUT2D eigenvalue weighted by Gasteiger charge is 2.19. The zero-order chi connectivity index (χ0) is 15.3. The van der Waals surface area contributed by atoms with E-state index in [4.69, 9.17) is 5.11 Å². The van der Waals surface area contributed by atoms with Gasteiger partial charge in [-0.15, -0.1) is 0 Å². The third-order valence-corrected chi connectivity index (χ3v) is 3.23. The fourth-order valence-corrected chi connectivity index (χ4v) is 2.04. The summed E-state index contributed by atoms with van der Waals surface area (Å²) < 4.78 is 0. The number of Topliss-reactive ketones (excluding diaryl/α,β-unsaturated/α-hetero) is 1. The number of carboxylic acids is 1.